The molecule has 0 aromatic heterocycles. The molecule has 9 heteroatoms. The number of esters is 1. The van der Waals surface area contributed by atoms with Gasteiger partial charge in [-0.15, -0.1) is 0 Å². The smallest absolute Gasteiger partial charge is 0.306 e. The molecule has 0 aliphatic rings. The number of ether oxygens (including phenoxy) is 2. The minimum absolute atomic E-state index is 0.0243. The summed E-state index contributed by atoms with van der Waals surface area (Å²) in [5.41, 5.74) is 0. The fourth-order valence-corrected chi connectivity index (χ4v) is 7.75. The molecule has 0 spiro atoms. The Bertz CT molecular complexity index is 1060. The van der Waals surface area contributed by atoms with Crippen LogP contribution >= 0.6 is 7.82 Å². The van der Waals surface area contributed by atoms with Crippen molar-refractivity contribution in [3.63, 3.8) is 0 Å². The van der Waals surface area contributed by atoms with Crippen LogP contribution < -0.4 is 4.89 Å². The molecule has 0 aliphatic heterocycles. The first-order chi connectivity index (χ1) is 29.1. The summed E-state index contributed by atoms with van der Waals surface area (Å²) in [6.07, 6.45) is 53.0. The number of carbonyl (C=O) groups is 1. The second-order valence-electron chi connectivity index (χ2n) is 18.2. The number of rotatable bonds is 47. The van der Waals surface area contributed by atoms with Crippen molar-refractivity contribution in [1.29, 1.82) is 0 Å². The third-order valence-electron chi connectivity index (χ3n) is 10.9. The Hall–Kier alpha value is -1.28. The molecule has 2 unspecified atom stereocenters. The molecule has 354 valence electrons. The number of phosphoric ester groups is 1. The maximum absolute atomic E-state index is 12.7. The molecule has 0 N–H and O–H groups in total. The summed E-state index contributed by atoms with van der Waals surface area (Å²) in [5.74, 6) is -0.343. The fourth-order valence-electron chi connectivity index (χ4n) is 7.03. The molecule has 0 saturated heterocycles. The van der Waals surface area contributed by atoms with E-state index in [0.717, 1.165) is 57.8 Å². The zero-order chi connectivity index (χ0) is 44.1. The van der Waals surface area contributed by atoms with Crippen LogP contribution in [0, 0.1) is 0 Å². The largest absolute Gasteiger partial charge is 0.756 e. The molecule has 0 heterocycles. The summed E-state index contributed by atoms with van der Waals surface area (Å²) in [4.78, 5) is 25.1. The molecule has 0 bridgehead atoms. The number of carbonyl (C=O) groups excluding carboxylic acids is 1. The van der Waals surface area contributed by atoms with Gasteiger partial charge in [0.05, 0.1) is 34.4 Å². The fraction of sp³-hybridized carbons (Fsp3) is 0.863. The Labute approximate surface area is 372 Å². The normalized spacial score (nSPS) is 13.9. The second-order valence-corrected chi connectivity index (χ2v) is 19.6. The number of allylic oxidation sites excluding steroid dienone is 6. The lowest BCUT2D eigenvalue weighted by Crippen LogP contribution is -2.37. The molecule has 2 atom stereocenters. The zero-order valence-electron chi connectivity index (χ0n) is 40.2. The van der Waals surface area contributed by atoms with Crippen LogP contribution in [0.15, 0.2) is 36.5 Å². The topological polar surface area (TPSA) is 94.1 Å². The summed E-state index contributed by atoms with van der Waals surface area (Å²) < 4.78 is 34.7. The molecular formula is C51H98NO7P. The average Bonchev–Trinajstić information content (AvgIpc) is 3.20. The molecule has 0 aromatic carbocycles. The van der Waals surface area contributed by atoms with Crippen LogP contribution in [0.5, 0.6) is 0 Å². The van der Waals surface area contributed by atoms with Gasteiger partial charge in [-0.2, -0.15) is 0 Å². The van der Waals surface area contributed by atoms with Gasteiger partial charge in [0.25, 0.3) is 7.82 Å². The first kappa shape index (κ1) is 58.7. The number of phosphoric acid groups is 1. The first-order valence-corrected chi connectivity index (χ1v) is 26.7. The van der Waals surface area contributed by atoms with Crippen LogP contribution in [0.4, 0.5) is 0 Å². The minimum Gasteiger partial charge on any atom is -0.756 e. The van der Waals surface area contributed by atoms with E-state index in [-0.39, 0.29) is 25.8 Å². The van der Waals surface area contributed by atoms with Gasteiger partial charge in [-0.25, -0.2) is 0 Å². The van der Waals surface area contributed by atoms with Crippen molar-refractivity contribution in [3.05, 3.63) is 36.5 Å². The van der Waals surface area contributed by atoms with E-state index in [1.54, 1.807) is 0 Å². The van der Waals surface area contributed by atoms with Gasteiger partial charge in [0.1, 0.15) is 19.3 Å². The maximum atomic E-state index is 12.7. The average molecular weight is 868 g/mol. The molecule has 0 amide bonds. The maximum Gasteiger partial charge on any atom is 0.306 e. The Morgan fingerprint density at radius 3 is 1.40 bits per heavy atom. The molecule has 0 aliphatic carbocycles. The van der Waals surface area contributed by atoms with Gasteiger partial charge in [0.2, 0.25) is 0 Å². The molecule has 0 fully saturated rings. The van der Waals surface area contributed by atoms with Gasteiger partial charge in [-0.1, -0.05) is 204 Å². The highest BCUT2D eigenvalue weighted by atomic mass is 31.2. The van der Waals surface area contributed by atoms with Gasteiger partial charge >= 0.3 is 5.97 Å². The van der Waals surface area contributed by atoms with E-state index in [2.05, 4.69) is 50.3 Å². The van der Waals surface area contributed by atoms with Crippen molar-refractivity contribution in [2.75, 3.05) is 54.1 Å². The van der Waals surface area contributed by atoms with Crippen molar-refractivity contribution >= 4 is 13.8 Å². The predicted octanol–water partition coefficient (Wildman–Crippen LogP) is 14.7. The number of unbranched alkanes of at least 4 members (excludes halogenated alkanes) is 27. The lowest BCUT2D eigenvalue weighted by Gasteiger charge is -2.28. The zero-order valence-corrected chi connectivity index (χ0v) is 41.1. The van der Waals surface area contributed by atoms with Crippen LogP contribution in [0.25, 0.3) is 0 Å². The summed E-state index contributed by atoms with van der Waals surface area (Å²) in [7, 11) is 1.35. The van der Waals surface area contributed by atoms with E-state index in [0.29, 0.717) is 24.1 Å². The molecule has 60 heavy (non-hydrogen) atoms. The Kier molecular flexibility index (Phi) is 43.4. The van der Waals surface area contributed by atoms with Crippen molar-refractivity contribution in [2.45, 2.75) is 232 Å². The van der Waals surface area contributed by atoms with Crippen LogP contribution in [-0.2, 0) is 27.9 Å². The molecule has 0 radical (unpaired) electrons. The third kappa shape index (κ3) is 47.8. The van der Waals surface area contributed by atoms with Crippen molar-refractivity contribution in [3.8, 4) is 0 Å². The minimum atomic E-state index is -4.53. The van der Waals surface area contributed by atoms with E-state index in [4.69, 9.17) is 18.5 Å². The predicted molar refractivity (Wildman–Crippen MR) is 254 cm³/mol. The van der Waals surface area contributed by atoms with Crippen molar-refractivity contribution in [1.82, 2.24) is 0 Å². The monoisotopic (exact) mass is 868 g/mol. The third-order valence-corrected chi connectivity index (χ3v) is 11.9. The van der Waals surface area contributed by atoms with Crippen molar-refractivity contribution < 1.29 is 37.3 Å². The SMILES string of the molecule is CCCCC/C=C\C/C=C\C/C=C\CCCCCCCCC(=O)OC(COCCCCCCCCCCCCCCCCCCCCC)COP(=O)([O-])OCC[N+](C)(C)C. The van der Waals surface area contributed by atoms with E-state index in [1.165, 1.54) is 148 Å². The van der Waals surface area contributed by atoms with E-state index >= 15 is 0 Å². The molecule has 0 aromatic rings. The Balaban J connectivity index is 4.17. The van der Waals surface area contributed by atoms with Gasteiger partial charge in [-0.3, -0.25) is 9.36 Å². The Morgan fingerprint density at radius 1 is 0.517 bits per heavy atom. The highest BCUT2D eigenvalue weighted by Gasteiger charge is 2.20. The van der Waals surface area contributed by atoms with Crippen LogP contribution in [0.2, 0.25) is 0 Å². The summed E-state index contributed by atoms with van der Waals surface area (Å²) in [6, 6.07) is 0. The summed E-state index contributed by atoms with van der Waals surface area (Å²) in [5, 5.41) is 0. The molecular weight excluding hydrogens is 770 g/mol. The highest BCUT2D eigenvalue weighted by molar-refractivity contribution is 7.45. The number of hydrogen-bond acceptors (Lipinski definition) is 7. The highest BCUT2D eigenvalue weighted by Crippen LogP contribution is 2.38. The van der Waals surface area contributed by atoms with Gasteiger partial charge in [0, 0.05) is 13.0 Å². The standard InChI is InChI=1S/C51H98NO7P/c1-6-8-10-12-14-16-18-20-22-24-26-28-30-32-34-36-38-40-42-44-51(53)59-50(49-58-60(54,55)57-47-45-52(3,4)5)48-56-46-43-41-39-37-35-33-31-29-27-25-23-21-19-17-15-13-11-9-7-2/h14,16,20,22,26,28,50H,6-13,15,17-19,21,23-25,27,29-49H2,1-5H3/b16-14-,22-20-,28-26-. The summed E-state index contributed by atoms with van der Waals surface area (Å²) in [6.45, 7) is 5.41. The van der Waals surface area contributed by atoms with Crippen LogP contribution in [0.3, 0.4) is 0 Å². The number of likely N-dealkylation sites (N-methyl/N-ethyl adjacent to an activating group) is 1. The van der Waals surface area contributed by atoms with Crippen molar-refractivity contribution in [2.24, 2.45) is 0 Å². The first-order valence-electron chi connectivity index (χ1n) is 25.2. The number of quaternary nitrogens is 1. The Morgan fingerprint density at radius 2 is 0.917 bits per heavy atom. The quantitative estimate of drug-likeness (QED) is 0.0198. The van der Waals surface area contributed by atoms with E-state index in [9.17, 15) is 14.3 Å². The number of hydrogen-bond donors (Lipinski definition) is 0. The van der Waals surface area contributed by atoms with Crippen LogP contribution in [0.1, 0.15) is 226 Å². The van der Waals surface area contributed by atoms with Gasteiger partial charge in [0.15, 0.2) is 0 Å². The molecule has 8 nitrogen and oxygen atoms in total. The lowest BCUT2D eigenvalue weighted by atomic mass is 10.0. The second kappa shape index (κ2) is 44.3. The molecule has 0 rings (SSSR count). The summed E-state index contributed by atoms with van der Waals surface area (Å²) >= 11 is 0. The lowest BCUT2D eigenvalue weighted by molar-refractivity contribution is -0.870. The van der Waals surface area contributed by atoms with Gasteiger partial charge in [-0.05, 0) is 51.4 Å². The van der Waals surface area contributed by atoms with Crippen LogP contribution in [-0.4, -0.2) is 70.7 Å². The van der Waals surface area contributed by atoms with E-state index < -0.39 is 13.9 Å². The van der Waals surface area contributed by atoms with Gasteiger partial charge < -0.3 is 27.9 Å². The number of nitrogens with zero attached hydrogens (tertiary/aromatic N) is 1. The van der Waals surface area contributed by atoms with E-state index in [1.807, 2.05) is 21.1 Å². The molecule has 0 saturated carbocycles.